The molecular formula is C21H18N2O2S. The number of benzene rings is 2. The molecule has 3 aliphatic heterocycles. The largest absolute Gasteiger partial charge is 0.493 e. The second kappa shape index (κ2) is 6.57. The Kier molecular flexibility index (Phi) is 3.94. The summed E-state index contributed by atoms with van der Waals surface area (Å²) in [5, 5.41) is 0. The maximum absolute atomic E-state index is 5.99. The lowest BCUT2D eigenvalue weighted by Crippen LogP contribution is -2.32. The van der Waals surface area contributed by atoms with Crippen LogP contribution in [0, 0.1) is 0 Å². The second-order valence-electron chi connectivity index (χ2n) is 6.36. The van der Waals surface area contributed by atoms with E-state index in [1.165, 1.54) is 5.56 Å². The predicted octanol–water partition coefficient (Wildman–Crippen LogP) is 4.69. The van der Waals surface area contributed by atoms with Gasteiger partial charge in [-0.3, -0.25) is 0 Å². The zero-order valence-electron chi connectivity index (χ0n) is 14.2. The third kappa shape index (κ3) is 2.88. The van der Waals surface area contributed by atoms with Crippen LogP contribution in [-0.2, 0) is 6.42 Å². The molecule has 0 spiro atoms. The van der Waals surface area contributed by atoms with E-state index in [1.54, 1.807) is 11.9 Å². The lowest BCUT2D eigenvalue weighted by atomic mass is 10.0. The van der Waals surface area contributed by atoms with Crippen LogP contribution in [0.4, 0.5) is 0 Å². The van der Waals surface area contributed by atoms with Crippen LogP contribution in [-0.4, -0.2) is 29.6 Å². The average Bonchev–Trinajstić information content (AvgIpc) is 3.16. The van der Waals surface area contributed by atoms with Crippen molar-refractivity contribution >= 4 is 23.4 Å². The van der Waals surface area contributed by atoms with E-state index in [-0.39, 0.29) is 0 Å². The zero-order valence-corrected chi connectivity index (χ0v) is 15.0. The van der Waals surface area contributed by atoms with Gasteiger partial charge in [0.2, 0.25) is 0 Å². The molecule has 0 N–H and O–H groups in total. The second-order valence-corrected chi connectivity index (χ2v) is 7.21. The SMILES string of the molecule is C1=CN2CCSN=C2C(c2ccc(Oc3ccc4c(c3)OCC4)cc2)=C1. The number of nitrogens with zero attached hydrogens (tertiary/aromatic N) is 2. The van der Waals surface area contributed by atoms with Gasteiger partial charge in [0.15, 0.2) is 0 Å². The van der Waals surface area contributed by atoms with Crippen LogP contribution in [0.3, 0.4) is 0 Å². The Morgan fingerprint density at radius 3 is 2.88 bits per heavy atom. The molecule has 0 fully saturated rings. The number of fused-ring (bicyclic) bond motifs is 2. The Bertz CT molecular complexity index is 932. The first-order valence-corrected chi connectivity index (χ1v) is 9.70. The molecule has 0 aromatic heterocycles. The van der Waals surface area contributed by atoms with Gasteiger partial charge < -0.3 is 14.4 Å². The molecule has 3 heterocycles. The summed E-state index contributed by atoms with van der Waals surface area (Å²) in [4.78, 5) is 2.21. The van der Waals surface area contributed by atoms with Gasteiger partial charge in [-0.1, -0.05) is 18.2 Å². The van der Waals surface area contributed by atoms with Crippen molar-refractivity contribution in [1.82, 2.24) is 4.90 Å². The van der Waals surface area contributed by atoms with Gasteiger partial charge >= 0.3 is 0 Å². The minimum absolute atomic E-state index is 0.760. The highest BCUT2D eigenvalue weighted by Gasteiger charge is 2.21. The van der Waals surface area contributed by atoms with Crippen LogP contribution in [0.5, 0.6) is 17.2 Å². The Labute approximate surface area is 157 Å². The first kappa shape index (κ1) is 15.6. The summed E-state index contributed by atoms with van der Waals surface area (Å²) in [7, 11) is 0. The van der Waals surface area contributed by atoms with E-state index in [0.717, 1.165) is 59.5 Å². The van der Waals surface area contributed by atoms with Crippen molar-refractivity contribution in [1.29, 1.82) is 0 Å². The number of rotatable bonds is 3. The first-order valence-electron chi connectivity index (χ1n) is 8.76. The van der Waals surface area contributed by atoms with E-state index in [9.17, 15) is 0 Å². The fourth-order valence-corrected chi connectivity index (χ4v) is 4.04. The summed E-state index contributed by atoms with van der Waals surface area (Å²) in [6.07, 6.45) is 7.27. The highest BCUT2D eigenvalue weighted by molar-refractivity contribution is 7.98. The minimum Gasteiger partial charge on any atom is -0.493 e. The van der Waals surface area contributed by atoms with Gasteiger partial charge in [-0.15, -0.1) is 0 Å². The predicted molar refractivity (Wildman–Crippen MR) is 106 cm³/mol. The number of allylic oxidation sites excluding steroid dienone is 2. The summed E-state index contributed by atoms with van der Waals surface area (Å²) in [6, 6.07) is 14.2. The first-order chi connectivity index (χ1) is 12.9. The van der Waals surface area contributed by atoms with Gasteiger partial charge in [0.1, 0.15) is 23.1 Å². The lowest BCUT2D eigenvalue weighted by Gasteiger charge is -2.29. The van der Waals surface area contributed by atoms with Crippen LogP contribution >= 0.6 is 11.9 Å². The fraction of sp³-hybridized carbons (Fsp3) is 0.190. The lowest BCUT2D eigenvalue weighted by molar-refractivity contribution is 0.355. The maximum Gasteiger partial charge on any atom is 0.148 e. The molecule has 5 rings (SSSR count). The number of hydrogen-bond donors (Lipinski definition) is 0. The number of ether oxygens (including phenoxy) is 2. The number of amidine groups is 1. The third-order valence-corrected chi connectivity index (χ3v) is 5.35. The molecule has 130 valence electrons. The Morgan fingerprint density at radius 1 is 1.08 bits per heavy atom. The van der Waals surface area contributed by atoms with E-state index in [1.807, 2.05) is 24.3 Å². The van der Waals surface area contributed by atoms with Crippen LogP contribution in [0.1, 0.15) is 11.1 Å². The fourth-order valence-electron chi connectivity index (χ4n) is 3.35. The van der Waals surface area contributed by atoms with Gasteiger partial charge in [0.25, 0.3) is 0 Å². The molecule has 0 saturated heterocycles. The topological polar surface area (TPSA) is 34.1 Å². The van der Waals surface area contributed by atoms with Gasteiger partial charge in [-0.05, 0) is 53.4 Å². The molecule has 0 bridgehead atoms. The van der Waals surface area contributed by atoms with Crippen molar-refractivity contribution in [3.63, 3.8) is 0 Å². The molecule has 0 radical (unpaired) electrons. The third-order valence-electron chi connectivity index (χ3n) is 4.68. The van der Waals surface area contributed by atoms with Crippen molar-refractivity contribution < 1.29 is 9.47 Å². The molecule has 2 aromatic carbocycles. The normalized spacial score (nSPS) is 17.8. The van der Waals surface area contributed by atoms with Gasteiger partial charge in [-0.2, -0.15) is 4.40 Å². The quantitative estimate of drug-likeness (QED) is 0.742. The molecule has 26 heavy (non-hydrogen) atoms. The summed E-state index contributed by atoms with van der Waals surface area (Å²) < 4.78 is 16.2. The summed E-state index contributed by atoms with van der Waals surface area (Å²) in [5.74, 6) is 4.62. The number of hydrogen-bond acceptors (Lipinski definition) is 5. The Balaban J connectivity index is 1.37. The smallest absolute Gasteiger partial charge is 0.148 e. The Morgan fingerprint density at radius 2 is 1.96 bits per heavy atom. The van der Waals surface area contributed by atoms with E-state index in [4.69, 9.17) is 9.47 Å². The molecule has 0 unspecified atom stereocenters. The van der Waals surface area contributed by atoms with E-state index in [0.29, 0.717) is 0 Å². The van der Waals surface area contributed by atoms with Crippen LogP contribution in [0.2, 0.25) is 0 Å². The molecule has 4 nitrogen and oxygen atoms in total. The van der Waals surface area contributed by atoms with E-state index >= 15 is 0 Å². The van der Waals surface area contributed by atoms with E-state index in [2.05, 4.69) is 45.8 Å². The summed E-state index contributed by atoms with van der Waals surface area (Å²) in [5.41, 5.74) is 3.54. The molecule has 5 heteroatoms. The highest BCUT2D eigenvalue weighted by atomic mass is 32.2. The molecular weight excluding hydrogens is 344 g/mol. The maximum atomic E-state index is 5.99. The van der Waals surface area contributed by atoms with Crippen molar-refractivity contribution in [2.24, 2.45) is 4.40 Å². The highest BCUT2D eigenvalue weighted by Crippen LogP contribution is 2.33. The summed E-state index contributed by atoms with van der Waals surface area (Å²) >= 11 is 1.63. The van der Waals surface area contributed by atoms with Crippen LogP contribution < -0.4 is 9.47 Å². The van der Waals surface area contributed by atoms with Gasteiger partial charge in [-0.25, -0.2) is 0 Å². The minimum atomic E-state index is 0.760. The molecule has 0 amide bonds. The zero-order chi connectivity index (χ0) is 17.3. The molecule has 0 atom stereocenters. The average molecular weight is 362 g/mol. The van der Waals surface area contributed by atoms with Crippen molar-refractivity contribution in [2.75, 3.05) is 18.9 Å². The molecule has 2 aromatic rings. The Hall–Kier alpha value is -2.66. The van der Waals surface area contributed by atoms with Crippen molar-refractivity contribution in [3.8, 4) is 17.2 Å². The van der Waals surface area contributed by atoms with Crippen LogP contribution in [0.25, 0.3) is 5.57 Å². The monoisotopic (exact) mass is 362 g/mol. The standard InChI is InChI=1S/C21H18N2O2S/c1-2-19(21-22-26-13-11-23(21)10-1)15-3-6-17(7-4-15)25-18-8-5-16-9-12-24-20(16)14-18/h1-8,10,14H,9,11-13H2. The van der Waals surface area contributed by atoms with Crippen molar-refractivity contribution in [3.05, 3.63) is 71.9 Å². The van der Waals surface area contributed by atoms with Gasteiger partial charge in [0, 0.05) is 36.6 Å². The molecule has 0 saturated carbocycles. The molecule has 0 aliphatic carbocycles. The van der Waals surface area contributed by atoms with Crippen molar-refractivity contribution in [2.45, 2.75) is 6.42 Å². The van der Waals surface area contributed by atoms with E-state index < -0.39 is 0 Å². The molecule has 3 aliphatic rings. The summed E-state index contributed by atoms with van der Waals surface area (Å²) in [6.45, 7) is 1.76. The van der Waals surface area contributed by atoms with Gasteiger partial charge in [0.05, 0.1) is 6.61 Å². The van der Waals surface area contributed by atoms with Crippen LogP contribution in [0.15, 0.2) is 65.2 Å².